The Morgan fingerprint density at radius 1 is 1.12 bits per heavy atom. The van der Waals surface area contributed by atoms with Gasteiger partial charge in [0.15, 0.2) is 0 Å². The van der Waals surface area contributed by atoms with Crippen LogP contribution in [0, 0.1) is 5.82 Å². The molecule has 3 N–H and O–H groups in total. The van der Waals surface area contributed by atoms with Crippen LogP contribution in [0.4, 0.5) is 4.39 Å². The molecule has 130 valence electrons. The van der Waals surface area contributed by atoms with Gasteiger partial charge in [0, 0.05) is 29.5 Å². The Balaban J connectivity index is 1.74. The van der Waals surface area contributed by atoms with Crippen LogP contribution in [-0.2, 0) is 19.4 Å². The standard InChI is InChI=1S/C20H20FNO3/c1-2-14-9-17-15(10-20(24)25-19(17)11-18(14)23)12-22-8-7-13-3-5-16(21)6-4-13/h3-6,9-11,22-23H,2,7-8,12H2,1H3/p+1. The molecular formula is C20H21FNO3+. The molecule has 0 aliphatic carbocycles. The zero-order valence-electron chi connectivity index (χ0n) is 14.1. The van der Waals surface area contributed by atoms with Crippen LogP contribution in [0.5, 0.6) is 5.75 Å². The minimum Gasteiger partial charge on any atom is -0.508 e. The number of quaternary nitrogens is 1. The second-order valence-electron chi connectivity index (χ2n) is 6.08. The molecule has 1 aromatic heterocycles. The van der Waals surface area contributed by atoms with Crippen LogP contribution in [-0.4, -0.2) is 11.7 Å². The number of phenolic OH excluding ortho intramolecular Hbond substituents is 1. The summed E-state index contributed by atoms with van der Waals surface area (Å²) in [5.74, 6) is -0.0826. The first-order valence-corrected chi connectivity index (χ1v) is 8.41. The van der Waals surface area contributed by atoms with Gasteiger partial charge in [0.2, 0.25) is 0 Å². The monoisotopic (exact) mass is 342 g/mol. The third kappa shape index (κ3) is 4.06. The van der Waals surface area contributed by atoms with Crippen LogP contribution in [0.25, 0.3) is 11.0 Å². The molecule has 0 bridgehead atoms. The maximum Gasteiger partial charge on any atom is 0.336 e. The van der Waals surface area contributed by atoms with Crippen molar-refractivity contribution in [2.24, 2.45) is 0 Å². The number of rotatable bonds is 6. The highest BCUT2D eigenvalue weighted by Gasteiger charge is 2.11. The van der Waals surface area contributed by atoms with Gasteiger partial charge < -0.3 is 14.8 Å². The summed E-state index contributed by atoms with van der Waals surface area (Å²) < 4.78 is 18.1. The Labute approximate surface area is 144 Å². The summed E-state index contributed by atoms with van der Waals surface area (Å²) in [6.07, 6.45) is 1.52. The van der Waals surface area contributed by atoms with Gasteiger partial charge in [-0.2, -0.15) is 0 Å². The molecule has 0 unspecified atom stereocenters. The summed E-state index contributed by atoms with van der Waals surface area (Å²) in [7, 11) is 0. The zero-order valence-corrected chi connectivity index (χ0v) is 14.1. The van der Waals surface area contributed by atoms with Gasteiger partial charge in [0.25, 0.3) is 0 Å². The lowest BCUT2D eigenvalue weighted by Gasteiger charge is -2.08. The molecule has 0 saturated heterocycles. The predicted molar refractivity (Wildman–Crippen MR) is 94.1 cm³/mol. The number of aryl methyl sites for hydroxylation is 1. The minimum atomic E-state index is -0.418. The number of fused-ring (bicyclic) bond motifs is 1. The molecule has 0 aliphatic rings. The second-order valence-corrected chi connectivity index (χ2v) is 6.08. The van der Waals surface area contributed by atoms with Crippen LogP contribution < -0.4 is 10.9 Å². The van der Waals surface area contributed by atoms with Gasteiger partial charge in [0.1, 0.15) is 23.7 Å². The SMILES string of the molecule is CCc1cc2c(C[NH2+]CCc3ccc(F)cc3)cc(=O)oc2cc1O. The summed E-state index contributed by atoms with van der Waals surface area (Å²) >= 11 is 0. The third-order valence-corrected chi connectivity index (χ3v) is 4.32. The topological polar surface area (TPSA) is 67.0 Å². The van der Waals surface area contributed by atoms with E-state index < -0.39 is 5.63 Å². The number of nitrogens with two attached hydrogens (primary N) is 1. The van der Waals surface area contributed by atoms with Crippen LogP contribution in [0.1, 0.15) is 23.6 Å². The van der Waals surface area contributed by atoms with Crippen molar-refractivity contribution >= 4 is 11.0 Å². The van der Waals surface area contributed by atoms with Crippen LogP contribution in [0.2, 0.25) is 0 Å². The van der Waals surface area contributed by atoms with E-state index in [4.69, 9.17) is 4.42 Å². The van der Waals surface area contributed by atoms with Gasteiger partial charge >= 0.3 is 5.63 Å². The van der Waals surface area contributed by atoms with Gasteiger partial charge in [-0.3, -0.25) is 0 Å². The third-order valence-electron chi connectivity index (χ3n) is 4.32. The van der Waals surface area contributed by atoms with Crippen molar-refractivity contribution in [3.63, 3.8) is 0 Å². The second kappa shape index (κ2) is 7.49. The Morgan fingerprint density at radius 3 is 2.60 bits per heavy atom. The largest absolute Gasteiger partial charge is 0.508 e. The lowest BCUT2D eigenvalue weighted by atomic mass is 10.0. The number of aromatic hydroxyl groups is 1. The Bertz CT molecular complexity index is 932. The van der Waals surface area contributed by atoms with Gasteiger partial charge in [-0.15, -0.1) is 0 Å². The maximum absolute atomic E-state index is 12.9. The molecule has 3 aromatic rings. The number of hydrogen-bond donors (Lipinski definition) is 2. The predicted octanol–water partition coefficient (Wildman–Crippen LogP) is 2.51. The Kier molecular flexibility index (Phi) is 5.14. The van der Waals surface area contributed by atoms with Crippen molar-refractivity contribution in [3.8, 4) is 5.75 Å². The molecule has 0 fully saturated rings. The Hall–Kier alpha value is -2.66. The van der Waals surface area contributed by atoms with Crippen LogP contribution in [0.15, 0.2) is 51.7 Å². The average molecular weight is 342 g/mol. The average Bonchev–Trinajstić information content (AvgIpc) is 2.59. The molecule has 0 aliphatic heterocycles. The van der Waals surface area contributed by atoms with Crippen molar-refractivity contribution in [2.45, 2.75) is 26.3 Å². The highest BCUT2D eigenvalue weighted by molar-refractivity contribution is 5.82. The maximum atomic E-state index is 12.9. The first-order chi connectivity index (χ1) is 12.1. The Morgan fingerprint density at radius 2 is 1.88 bits per heavy atom. The minimum absolute atomic E-state index is 0.149. The highest BCUT2D eigenvalue weighted by Crippen LogP contribution is 2.26. The number of phenols is 1. The van der Waals surface area contributed by atoms with Crippen molar-refractivity contribution in [3.05, 3.63) is 75.4 Å². The first-order valence-electron chi connectivity index (χ1n) is 8.41. The molecule has 0 amide bonds. The van der Waals surface area contributed by atoms with Crippen molar-refractivity contribution in [2.75, 3.05) is 6.54 Å². The van der Waals surface area contributed by atoms with E-state index in [1.54, 1.807) is 12.1 Å². The molecule has 0 saturated carbocycles. The molecule has 0 atom stereocenters. The normalized spacial score (nSPS) is 11.1. The van der Waals surface area contributed by atoms with E-state index in [9.17, 15) is 14.3 Å². The highest BCUT2D eigenvalue weighted by atomic mass is 19.1. The van der Waals surface area contributed by atoms with Gasteiger partial charge in [0.05, 0.1) is 6.54 Å². The molecule has 4 nitrogen and oxygen atoms in total. The van der Waals surface area contributed by atoms with Gasteiger partial charge in [-0.1, -0.05) is 19.1 Å². The lowest BCUT2D eigenvalue weighted by molar-refractivity contribution is -0.670. The van der Waals surface area contributed by atoms with E-state index in [1.807, 2.05) is 13.0 Å². The molecule has 25 heavy (non-hydrogen) atoms. The van der Waals surface area contributed by atoms with E-state index in [1.165, 1.54) is 24.3 Å². The van der Waals surface area contributed by atoms with Crippen molar-refractivity contribution in [1.82, 2.24) is 0 Å². The van der Waals surface area contributed by atoms with Gasteiger partial charge in [-0.05, 0) is 35.7 Å². The molecule has 1 heterocycles. The quantitative estimate of drug-likeness (QED) is 0.534. The zero-order chi connectivity index (χ0) is 17.8. The molecule has 0 radical (unpaired) electrons. The van der Waals surface area contributed by atoms with E-state index >= 15 is 0 Å². The molecular weight excluding hydrogens is 321 g/mol. The lowest BCUT2D eigenvalue weighted by Crippen LogP contribution is -2.83. The van der Waals surface area contributed by atoms with Gasteiger partial charge in [-0.25, -0.2) is 9.18 Å². The number of hydrogen-bond acceptors (Lipinski definition) is 3. The fourth-order valence-electron chi connectivity index (χ4n) is 2.94. The first kappa shape index (κ1) is 17.2. The summed E-state index contributed by atoms with van der Waals surface area (Å²) in [5, 5.41) is 12.9. The fraction of sp³-hybridized carbons (Fsp3) is 0.250. The van der Waals surface area contributed by atoms with Crippen LogP contribution >= 0.6 is 0 Å². The summed E-state index contributed by atoms with van der Waals surface area (Å²) in [4.78, 5) is 11.8. The fourth-order valence-corrected chi connectivity index (χ4v) is 2.94. The van der Waals surface area contributed by atoms with Crippen LogP contribution in [0.3, 0.4) is 0 Å². The summed E-state index contributed by atoms with van der Waals surface area (Å²) in [6, 6.07) is 11.4. The van der Waals surface area contributed by atoms with E-state index in [0.29, 0.717) is 18.5 Å². The summed E-state index contributed by atoms with van der Waals surface area (Å²) in [5.41, 5.74) is 2.78. The number of halogens is 1. The van der Waals surface area contributed by atoms with Crippen molar-refractivity contribution in [1.29, 1.82) is 0 Å². The summed E-state index contributed by atoms with van der Waals surface area (Å²) in [6.45, 7) is 3.43. The van der Waals surface area contributed by atoms with E-state index in [0.717, 1.165) is 35.0 Å². The van der Waals surface area contributed by atoms with E-state index in [2.05, 4.69) is 5.32 Å². The molecule has 5 heteroatoms. The number of benzene rings is 2. The molecule has 2 aromatic carbocycles. The van der Waals surface area contributed by atoms with Crippen molar-refractivity contribution < 1.29 is 19.2 Å². The van der Waals surface area contributed by atoms with E-state index in [-0.39, 0.29) is 11.6 Å². The molecule has 0 spiro atoms. The smallest absolute Gasteiger partial charge is 0.336 e. The molecule has 3 rings (SSSR count).